The van der Waals surface area contributed by atoms with E-state index < -0.39 is 4.92 Å². The fourth-order valence-electron chi connectivity index (χ4n) is 2.30. The van der Waals surface area contributed by atoms with Gasteiger partial charge in [-0.05, 0) is 42.7 Å². The molecule has 0 saturated heterocycles. The topological polar surface area (TPSA) is 88.4 Å². The third kappa shape index (κ3) is 3.82. The lowest BCUT2D eigenvalue weighted by Crippen LogP contribution is -2.36. The van der Waals surface area contributed by atoms with Crippen molar-refractivity contribution < 1.29 is 9.72 Å². The molecule has 2 aromatic rings. The summed E-state index contributed by atoms with van der Waals surface area (Å²) in [6, 6.07) is 9.64. The molecular formula is C16H16N4O3. The van der Waals surface area contributed by atoms with Crippen LogP contribution in [0.5, 0.6) is 0 Å². The van der Waals surface area contributed by atoms with E-state index in [1.165, 1.54) is 24.3 Å². The number of aromatic nitrogens is 1. The highest BCUT2D eigenvalue weighted by molar-refractivity contribution is 5.89. The van der Waals surface area contributed by atoms with Crippen molar-refractivity contribution in [3.8, 4) is 0 Å². The van der Waals surface area contributed by atoms with Gasteiger partial charge in [0.1, 0.15) is 0 Å². The van der Waals surface area contributed by atoms with Gasteiger partial charge in [0.25, 0.3) is 5.69 Å². The number of carbonyl (C=O) groups is 1. The summed E-state index contributed by atoms with van der Waals surface area (Å²) in [6.45, 7) is 0.520. The van der Waals surface area contributed by atoms with Gasteiger partial charge < -0.3 is 10.2 Å². The molecule has 1 heterocycles. The van der Waals surface area contributed by atoms with Crippen LogP contribution in [0, 0.1) is 10.1 Å². The molecule has 23 heavy (non-hydrogen) atoms. The summed E-state index contributed by atoms with van der Waals surface area (Å²) in [5.41, 5.74) is 1.56. The molecule has 0 radical (unpaired) electrons. The van der Waals surface area contributed by atoms with E-state index >= 15 is 0 Å². The van der Waals surface area contributed by atoms with Crippen molar-refractivity contribution in [1.29, 1.82) is 0 Å². The van der Waals surface area contributed by atoms with Gasteiger partial charge in [0.15, 0.2) is 0 Å². The number of nitro groups is 1. The fourth-order valence-corrected chi connectivity index (χ4v) is 2.30. The first-order valence-electron chi connectivity index (χ1n) is 7.34. The molecule has 0 unspecified atom stereocenters. The van der Waals surface area contributed by atoms with Crippen molar-refractivity contribution >= 4 is 17.4 Å². The fraction of sp³-hybridized carbons (Fsp3) is 0.250. The Morgan fingerprint density at radius 3 is 2.43 bits per heavy atom. The van der Waals surface area contributed by atoms with Crippen LogP contribution in [-0.2, 0) is 6.54 Å². The zero-order valence-corrected chi connectivity index (χ0v) is 12.4. The van der Waals surface area contributed by atoms with Gasteiger partial charge in [-0.3, -0.25) is 15.1 Å². The van der Waals surface area contributed by atoms with E-state index in [-0.39, 0.29) is 17.8 Å². The first-order valence-corrected chi connectivity index (χ1v) is 7.34. The largest absolute Gasteiger partial charge is 0.322 e. The second kappa shape index (κ2) is 6.43. The molecule has 1 fully saturated rings. The molecule has 1 aliphatic rings. The summed E-state index contributed by atoms with van der Waals surface area (Å²) in [5.74, 6) is 0. The van der Waals surface area contributed by atoms with Crippen molar-refractivity contribution in [3.05, 3.63) is 64.5 Å². The lowest BCUT2D eigenvalue weighted by Gasteiger charge is -2.23. The first-order chi connectivity index (χ1) is 11.1. The van der Waals surface area contributed by atoms with E-state index in [0.29, 0.717) is 12.2 Å². The summed E-state index contributed by atoms with van der Waals surface area (Å²) in [7, 11) is 0. The molecule has 2 amide bonds. The van der Waals surface area contributed by atoms with Gasteiger partial charge in [0.05, 0.1) is 4.92 Å². The quantitative estimate of drug-likeness (QED) is 0.678. The van der Waals surface area contributed by atoms with Crippen molar-refractivity contribution in [2.75, 3.05) is 5.32 Å². The first kappa shape index (κ1) is 15.0. The number of hydrogen-bond donors (Lipinski definition) is 1. The summed E-state index contributed by atoms with van der Waals surface area (Å²) < 4.78 is 0. The van der Waals surface area contributed by atoms with Gasteiger partial charge in [-0.15, -0.1) is 0 Å². The zero-order chi connectivity index (χ0) is 16.2. The second-order valence-electron chi connectivity index (χ2n) is 5.45. The predicted molar refractivity (Wildman–Crippen MR) is 84.9 cm³/mol. The average Bonchev–Trinajstić information content (AvgIpc) is 3.39. The lowest BCUT2D eigenvalue weighted by atomic mass is 10.2. The minimum atomic E-state index is -0.467. The molecule has 0 atom stereocenters. The molecule has 1 N–H and O–H groups in total. The molecule has 0 bridgehead atoms. The van der Waals surface area contributed by atoms with Gasteiger partial charge in [0.2, 0.25) is 0 Å². The number of anilines is 1. The normalized spacial score (nSPS) is 13.4. The number of pyridine rings is 1. The average molecular weight is 312 g/mol. The number of amides is 2. The number of carbonyl (C=O) groups excluding carboxylic acids is 1. The van der Waals surface area contributed by atoms with Crippen LogP contribution in [0.3, 0.4) is 0 Å². The highest BCUT2D eigenvalue weighted by Crippen LogP contribution is 2.29. The van der Waals surface area contributed by atoms with Crippen molar-refractivity contribution in [2.24, 2.45) is 0 Å². The molecule has 1 saturated carbocycles. The van der Waals surface area contributed by atoms with Crippen LogP contribution >= 0.6 is 0 Å². The third-order valence-corrected chi connectivity index (χ3v) is 3.68. The van der Waals surface area contributed by atoms with Gasteiger partial charge in [0, 0.05) is 42.8 Å². The highest BCUT2D eigenvalue weighted by atomic mass is 16.6. The van der Waals surface area contributed by atoms with Crippen molar-refractivity contribution in [3.63, 3.8) is 0 Å². The Morgan fingerprint density at radius 1 is 1.22 bits per heavy atom. The number of hydrogen-bond acceptors (Lipinski definition) is 4. The predicted octanol–water partition coefficient (Wildman–Crippen LogP) is 3.19. The molecular weight excluding hydrogens is 296 g/mol. The maximum Gasteiger partial charge on any atom is 0.322 e. The van der Waals surface area contributed by atoms with Crippen LogP contribution in [-0.4, -0.2) is 26.9 Å². The SMILES string of the molecule is O=C(Nc1ccc([N+](=O)[O-])cc1)N(Cc1ccncc1)C1CC1. The molecule has 7 heteroatoms. The van der Waals surface area contributed by atoms with Crippen LogP contribution in [0.15, 0.2) is 48.8 Å². The maximum absolute atomic E-state index is 12.5. The number of benzene rings is 1. The zero-order valence-electron chi connectivity index (χ0n) is 12.4. The van der Waals surface area contributed by atoms with Gasteiger partial charge in [-0.2, -0.15) is 0 Å². The number of nitrogens with zero attached hydrogens (tertiary/aromatic N) is 3. The van der Waals surface area contributed by atoms with Crippen LogP contribution in [0.4, 0.5) is 16.2 Å². The second-order valence-corrected chi connectivity index (χ2v) is 5.45. The molecule has 1 aromatic carbocycles. The molecule has 118 valence electrons. The molecule has 1 aliphatic carbocycles. The van der Waals surface area contributed by atoms with E-state index in [2.05, 4.69) is 10.3 Å². The smallest absolute Gasteiger partial charge is 0.317 e. The lowest BCUT2D eigenvalue weighted by molar-refractivity contribution is -0.384. The molecule has 7 nitrogen and oxygen atoms in total. The van der Waals surface area contributed by atoms with E-state index in [1.807, 2.05) is 12.1 Å². The Bertz CT molecular complexity index is 699. The Labute approximate surface area is 133 Å². The number of urea groups is 1. The summed E-state index contributed by atoms with van der Waals surface area (Å²) in [5, 5.41) is 13.4. The van der Waals surface area contributed by atoms with Crippen LogP contribution in [0.25, 0.3) is 0 Å². The maximum atomic E-state index is 12.5. The van der Waals surface area contributed by atoms with Gasteiger partial charge >= 0.3 is 6.03 Å². The Balaban J connectivity index is 1.68. The third-order valence-electron chi connectivity index (χ3n) is 3.68. The number of non-ortho nitro benzene ring substituents is 1. The van der Waals surface area contributed by atoms with E-state index in [9.17, 15) is 14.9 Å². The van der Waals surface area contributed by atoms with Crippen molar-refractivity contribution in [2.45, 2.75) is 25.4 Å². The molecule has 0 aliphatic heterocycles. The van der Waals surface area contributed by atoms with Gasteiger partial charge in [-0.25, -0.2) is 4.79 Å². The Kier molecular flexibility index (Phi) is 4.18. The molecule has 1 aromatic heterocycles. The Hall–Kier alpha value is -2.96. The van der Waals surface area contributed by atoms with Crippen molar-refractivity contribution in [1.82, 2.24) is 9.88 Å². The summed E-state index contributed by atoms with van der Waals surface area (Å²) in [4.78, 5) is 28.4. The number of rotatable bonds is 5. The van der Waals surface area contributed by atoms with Crippen LogP contribution < -0.4 is 5.32 Å². The summed E-state index contributed by atoms with van der Waals surface area (Å²) >= 11 is 0. The minimum Gasteiger partial charge on any atom is -0.317 e. The van der Waals surface area contributed by atoms with E-state index in [1.54, 1.807) is 17.3 Å². The minimum absolute atomic E-state index is 0.00108. The van der Waals surface area contributed by atoms with E-state index in [0.717, 1.165) is 18.4 Å². The highest BCUT2D eigenvalue weighted by Gasteiger charge is 2.32. The standard InChI is InChI=1S/C16H16N4O3/c21-16(18-13-1-3-15(4-2-13)20(22)23)19(14-5-6-14)11-12-7-9-17-10-8-12/h1-4,7-10,14H,5-6,11H2,(H,18,21). The summed E-state index contributed by atoms with van der Waals surface area (Å²) in [6.07, 6.45) is 5.40. The van der Waals surface area contributed by atoms with Gasteiger partial charge in [-0.1, -0.05) is 0 Å². The number of nitrogens with one attached hydrogen (secondary N) is 1. The Morgan fingerprint density at radius 2 is 1.87 bits per heavy atom. The van der Waals surface area contributed by atoms with Crippen LogP contribution in [0.2, 0.25) is 0 Å². The van der Waals surface area contributed by atoms with Crippen LogP contribution in [0.1, 0.15) is 18.4 Å². The number of nitro benzene ring substituents is 1. The van der Waals surface area contributed by atoms with E-state index in [4.69, 9.17) is 0 Å². The monoisotopic (exact) mass is 312 g/mol. The molecule has 0 spiro atoms. The molecule has 3 rings (SSSR count).